The van der Waals surface area contributed by atoms with Gasteiger partial charge in [0, 0.05) is 24.7 Å². The second-order valence-electron chi connectivity index (χ2n) is 8.86. The molecule has 1 saturated carbocycles. The highest BCUT2D eigenvalue weighted by Crippen LogP contribution is 2.41. The quantitative estimate of drug-likeness (QED) is 0.488. The molecule has 2 aliphatic rings. The van der Waals surface area contributed by atoms with Gasteiger partial charge < -0.3 is 14.5 Å². The molecular weight excluding hydrogens is 422 g/mol. The van der Waals surface area contributed by atoms with Crippen LogP contribution in [0.5, 0.6) is 5.75 Å². The van der Waals surface area contributed by atoms with Crippen LogP contribution in [0.1, 0.15) is 48.0 Å². The van der Waals surface area contributed by atoms with Gasteiger partial charge in [0.25, 0.3) is 11.6 Å². The third kappa shape index (κ3) is 4.42. The summed E-state index contributed by atoms with van der Waals surface area (Å²) in [4.78, 5) is 41.5. The minimum absolute atomic E-state index is 0.0146. The van der Waals surface area contributed by atoms with E-state index in [1.807, 2.05) is 6.07 Å². The molecule has 0 radical (unpaired) electrons. The number of ether oxygens (including phenoxy) is 1. The second-order valence-corrected chi connectivity index (χ2v) is 8.86. The van der Waals surface area contributed by atoms with Crippen molar-refractivity contribution < 1.29 is 19.2 Å². The lowest BCUT2D eigenvalue weighted by molar-refractivity contribution is -0.385. The van der Waals surface area contributed by atoms with Crippen LogP contribution in [0.4, 0.5) is 5.69 Å². The van der Waals surface area contributed by atoms with Crippen LogP contribution in [-0.4, -0.2) is 52.8 Å². The topological polar surface area (TPSA) is 93.0 Å². The van der Waals surface area contributed by atoms with Crippen LogP contribution in [0, 0.1) is 16.0 Å². The lowest BCUT2D eigenvalue weighted by Crippen LogP contribution is -2.49. The summed E-state index contributed by atoms with van der Waals surface area (Å²) in [5, 5.41) is 11.4. The maximum Gasteiger partial charge on any atom is 0.274 e. The molecule has 2 aromatic carbocycles. The van der Waals surface area contributed by atoms with Gasteiger partial charge in [-0.25, -0.2) is 0 Å². The number of fused-ring (bicyclic) bond motifs is 1. The Labute approximate surface area is 193 Å². The number of rotatable bonds is 6. The molecule has 8 heteroatoms. The van der Waals surface area contributed by atoms with Gasteiger partial charge in [-0.05, 0) is 37.3 Å². The fraction of sp³-hybridized carbons (Fsp3) is 0.440. The summed E-state index contributed by atoms with van der Waals surface area (Å²) in [7, 11) is 3.18. The monoisotopic (exact) mass is 451 g/mol. The molecule has 1 aliphatic carbocycles. The first-order valence-electron chi connectivity index (χ1n) is 11.3. The predicted molar refractivity (Wildman–Crippen MR) is 123 cm³/mol. The van der Waals surface area contributed by atoms with E-state index in [1.165, 1.54) is 18.1 Å². The van der Waals surface area contributed by atoms with Gasteiger partial charge in [-0.1, -0.05) is 43.2 Å². The summed E-state index contributed by atoms with van der Waals surface area (Å²) >= 11 is 0. The molecule has 3 unspecified atom stereocenters. The third-order valence-corrected chi connectivity index (χ3v) is 6.92. The average molecular weight is 452 g/mol. The number of hydrogen-bond acceptors (Lipinski definition) is 5. The van der Waals surface area contributed by atoms with Gasteiger partial charge >= 0.3 is 0 Å². The van der Waals surface area contributed by atoms with Crippen molar-refractivity contribution in [1.29, 1.82) is 0 Å². The fourth-order valence-electron chi connectivity index (χ4n) is 5.34. The van der Waals surface area contributed by atoms with Crippen LogP contribution in [-0.2, 0) is 11.3 Å². The molecular formula is C25H29N3O5. The highest BCUT2D eigenvalue weighted by Gasteiger charge is 2.48. The van der Waals surface area contributed by atoms with Crippen LogP contribution in [0.2, 0.25) is 0 Å². The molecule has 2 aromatic rings. The second kappa shape index (κ2) is 9.60. The molecule has 8 nitrogen and oxygen atoms in total. The van der Waals surface area contributed by atoms with E-state index in [1.54, 1.807) is 48.3 Å². The Morgan fingerprint density at radius 3 is 2.58 bits per heavy atom. The highest BCUT2D eigenvalue weighted by molar-refractivity contribution is 6.00. The molecule has 1 aliphatic heterocycles. The number of nitro benzene ring substituents is 1. The number of nitrogens with zero attached hydrogens (tertiary/aromatic N) is 3. The molecule has 33 heavy (non-hydrogen) atoms. The molecule has 1 heterocycles. The van der Waals surface area contributed by atoms with Crippen LogP contribution >= 0.6 is 0 Å². The molecule has 0 spiro atoms. The largest absolute Gasteiger partial charge is 0.496 e. The van der Waals surface area contributed by atoms with Crippen molar-refractivity contribution in [1.82, 2.24) is 9.80 Å². The van der Waals surface area contributed by atoms with Crippen molar-refractivity contribution in [2.45, 2.75) is 50.7 Å². The lowest BCUT2D eigenvalue weighted by atomic mass is 9.84. The van der Waals surface area contributed by atoms with E-state index in [2.05, 4.69) is 0 Å². The van der Waals surface area contributed by atoms with E-state index in [0.29, 0.717) is 23.3 Å². The first kappa shape index (κ1) is 22.8. The third-order valence-electron chi connectivity index (χ3n) is 6.92. The molecule has 3 atom stereocenters. The van der Waals surface area contributed by atoms with Gasteiger partial charge in [-0.2, -0.15) is 0 Å². The lowest BCUT2D eigenvalue weighted by Gasteiger charge is -2.35. The number of amides is 2. The first-order valence-corrected chi connectivity index (χ1v) is 11.3. The average Bonchev–Trinajstić information content (AvgIpc) is 3.22. The summed E-state index contributed by atoms with van der Waals surface area (Å²) in [5.74, 6) is 0.386. The van der Waals surface area contributed by atoms with Crippen LogP contribution in [0.15, 0.2) is 48.5 Å². The van der Waals surface area contributed by atoms with Gasteiger partial charge in [0.2, 0.25) is 5.91 Å². The maximum absolute atomic E-state index is 13.7. The Bertz CT molecular complexity index is 1060. The van der Waals surface area contributed by atoms with Crippen molar-refractivity contribution >= 4 is 17.5 Å². The number of hydrogen-bond donors (Lipinski definition) is 0. The van der Waals surface area contributed by atoms with E-state index in [9.17, 15) is 19.7 Å². The standard InChI is InChI=1S/C25H29N3O5/c1-26(16-18-10-4-7-13-21(18)28(31)32)25(30)22-15-17-9-3-6-12-20(17)27(22)24(29)19-11-5-8-14-23(19)33-2/h4-5,7-8,10-11,13-14,17,20,22H,3,6,9,12,15-16H2,1-2H3. The minimum atomic E-state index is -0.594. The van der Waals surface area contributed by atoms with Gasteiger partial charge in [0.15, 0.2) is 0 Å². The summed E-state index contributed by atoms with van der Waals surface area (Å²) in [6, 6.07) is 12.9. The number of likely N-dealkylation sites (N-methyl/N-ethyl adjacent to an activating group) is 1. The molecule has 0 aromatic heterocycles. The molecule has 2 amide bonds. The number of carbonyl (C=O) groups excluding carboxylic acids is 2. The summed E-state index contributed by atoms with van der Waals surface area (Å²) in [6.45, 7) is 0.110. The SMILES string of the molecule is COc1ccccc1C(=O)N1C(C(=O)N(C)Cc2ccccc2[N+](=O)[O-])CC2CCCCC21. The molecule has 1 saturated heterocycles. The van der Waals surface area contributed by atoms with E-state index in [0.717, 1.165) is 25.7 Å². The predicted octanol–water partition coefficient (Wildman–Crippen LogP) is 4.04. The zero-order valence-electron chi connectivity index (χ0n) is 19.0. The minimum Gasteiger partial charge on any atom is -0.496 e. The van der Waals surface area contributed by atoms with Crippen molar-refractivity contribution in [3.63, 3.8) is 0 Å². The zero-order valence-corrected chi connectivity index (χ0v) is 19.0. The van der Waals surface area contributed by atoms with Gasteiger partial charge in [0.05, 0.1) is 24.1 Å². The van der Waals surface area contributed by atoms with E-state index in [4.69, 9.17) is 4.74 Å². The fourth-order valence-corrected chi connectivity index (χ4v) is 5.34. The van der Waals surface area contributed by atoms with E-state index < -0.39 is 11.0 Å². The highest BCUT2D eigenvalue weighted by atomic mass is 16.6. The van der Waals surface area contributed by atoms with Crippen molar-refractivity contribution in [3.05, 3.63) is 69.8 Å². The number of likely N-dealkylation sites (tertiary alicyclic amines) is 1. The molecule has 4 rings (SSSR count). The first-order chi connectivity index (χ1) is 15.9. The van der Waals surface area contributed by atoms with Crippen molar-refractivity contribution in [2.75, 3.05) is 14.2 Å². The van der Waals surface area contributed by atoms with Crippen molar-refractivity contribution in [3.8, 4) is 5.75 Å². The molecule has 174 valence electrons. The maximum atomic E-state index is 13.7. The Kier molecular flexibility index (Phi) is 6.62. The number of carbonyl (C=O) groups is 2. The number of para-hydroxylation sites is 2. The summed E-state index contributed by atoms with van der Waals surface area (Å²) in [6.07, 6.45) is 4.63. The Hall–Kier alpha value is -3.42. The number of benzene rings is 2. The van der Waals surface area contributed by atoms with Gasteiger partial charge in [-0.15, -0.1) is 0 Å². The summed E-state index contributed by atoms with van der Waals surface area (Å²) in [5.41, 5.74) is 0.904. The van der Waals surface area contributed by atoms with Crippen LogP contribution in [0.25, 0.3) is 0 Å². The van der Waals surface area contributed by atoms with E-state index in [-0.39, 0.29) is 36.0 Å². The van der Waals surface area contributed by atoms with Crippen molar-refractivity contribution in [2.24, 2.45) is 5.92 Å². The molecule has 0 N–H and O–H groups in total. The molecule has 0 bridgehead atoms. The van der Waals surface area contributed by atoms with Gasteiger partial charge in [0.1, 0.15) is 11.8 Å². The van der Waals surface area contributed by atoms with Crippen LogP contribution < -0.4 is 4.74 Å². The van der Waals surface area contributed by atoms with Crippen LogP contribution in [0.3, 0.4) is 0 Å². The van der Waals surface area contributed by atoms with Gasteiger partial charge in [-0.3, -0.25) is 19.7 Å². The zero-order chi connectivity index (χ0) is 23.5. The molecule has 2 fully saturated rings. The number of methoxy groups -OCH3 is 1. The summed E-state index contributed by atoms with van der Waals surface area (Å²) < 4.78 is 5.41. The number of nitro groups is 1. The normalized spacial score (nSPS) is 21.9. The smallest absolute Gasteiger partial charge is 0.274 e. The Morgan fingerprint density at radius 2 is 1.82 bits per heavy atom. The Morgan fingerprint density at radius 1 is 1.12 bits per heavy atom. The Balaban J connectivity index is 1.62. The van der Waals surface area contributed by atoms with E-state index >= 15 is 0 Å².